The van der Waals surface area contributed by atoms with Gasteiger partial charge in [-0.05, 0) is 48.5 Å². The summed E-state index contributed by atoms with van der Waals surface area (Å²) in [6, 6.07) is 40.0. The van der Waals surface area contributed by atoms with E-state index in [4.69, 9.17) is 67.8 Å². The third-order valence-corrected chi connectivity index (χ3v) is 11.5. The molecule has 6 aliphatic rings. The second kappa shape index (κ2) is 23.1. The van der Waals surface area contributed by atoms with Gasteiger partial charge >= 0.3 is 0 Å². The van der Waals surface area contributed by atoms with Crippen molar-refractivity contribution in [3.8, 4) is 0 Å². The van der Waals surface area contributed by atoms with Crippen molar-refractivity contribution in [1.82, 2.24) is 19.6 Å². The van der Waals surface area contributed by atoms with E-state index < -0.39 is 0 Å². The van der Waals surface area contributed by atoms with Crippen molar-refractivity contribution in [2.45, 2.75) is 0 Å². The van der Waals surface area contributed by atoms with Gasteiger partial charge in [0.2, 0.25) is 23.6 Å². The van der Waals surface area contributed by atoms with Crippen LogP contribution in [0.3, 0.4) is 0 Å². The number of ether oxygens (including phenoxy) is 8. The topological polar surface area (TPSA) is 161 Å². The summed E-state index contributed by atoms with van der Waals surface area (Å²) in [4.78, 5) is 38.3. The summed E-state index contributed by atoms with van der Waals surface area (Å²) < 4.78 is 50.3. The zero-order valence-electron chi connectivity index (χ0n) is 38.8. The Labute approximate surface area is 406 Å². The second-order valence-electron chi connectivity index (χ2n) is 16.4. The molecule has 0 atom stereocenters. The van der Waals surface area contributed by atoms with E-state index in [1.54, 1.807) is 12.2 Å². The minimum Gasteiger partial charge on any atom is -0.407 e. The molecule has 4 aromatic rings. The van der Waals surface area contributed by atoms with Crippen molar-refractivity contribution in [1.29, 1.82) is 0 Å². The Hall–Kier alpha value is -7.64. The number of benzene rings is 4. The van der Waals surface area contributed by atoms with Gasteiger partial charge in [-0.2, -0.15) is 30.0 Å². The molecule has 10 rings (SSSR count). The van der Waals surface area contributed by atoms with Crippen LogP contribution in [0.25, 0.3) is 0 Å². The minimum absolute atomic E-state index is 0.181. The van der Waals surface area contributed by atoms with Crippen LogP contribution in [0.5, 0.6) is 0 Å². The Morgan fingerprint density at radius 3 is 0.843 bits per heavy atom. The van der Waals surface area contributed by atoms with Gasteiger partial charge in [-0.1, -0.05) is 72.8 Å². The second-order valence-corrected chi connectivity index (χ2v) is 16.4. The summed E-state index contributed by atoms with van der Waals surface area (Å²) in [6.45, 7) is 8.52. The number of rotatable bonds is 6. The average molecular weight is 947 g/mol. The Kier molecular flexibility index (Phi) is 15.2. The van der Waals surface area contributed by atoms with Crippen LogP contribution >= 0.6 is 0 Å². The highest BCUT2D eigenvalue weighted by atomic mass is 16.6. The van der Waals surface area contributed by atoms with E-state index in [1.165, 1.54) is 0 Å². The molecule has 70 heavy (non-hydrogen) atoms. The molecule has 0 N–H and O–H groups in total. The summed E-state index contributed by atoms with van der Waals surface area (Å²) >= 11 is 0. The fourth-order valence-electron chi connectivity index (χ4n) is 7.86. The van der Waals surface area contributed by atoms with E-state index in [0.717, 1.165) is 11.4 Å². The summed E-state index contributed by atoms with van der Waals surface area (Å²) in [7, 11) is 0. The van der Waals surface area contributed by atoms with Crippen molar-refractivity contribution < 1.29 is 37.9 Å². The fourth-order valence-corrected chi connectivity index (χ4v) is 7.86. The third kappa shape index (κ3) is 12.1. The molecule has 4 saturated heterocycles. The van der Waals surface area contributed by atoms with Crippen LogP contribution in [0.4, 0.5) is 22.7 Å². The maximum Gasteiger partial charge on any atom is 0.299 e. The van der Waals surface area contributed by atoms with Crippen molar-refractivity contribution in [3.05, 3.63) is 156 Å². The van der Waals surface area contributed by atoms with Gasteiger partial charge in [0.15, 0.2) is 0 Å². The highest BCUT2D eigenvalue weighted by molar-refractivity contribution is 6.15. The predicted octanol–water partition coefficient (Wildman–Crippen LogP) is 6.94. The van der Waals surface area contributed by atoms with E-state index >= 15 is 0 Å². The number of morpholine rings is 4. The lowest BCUT2D eigenvalue weighted by atomic mass is 10.1. The molecule has 0 bridgehead atoms. The van der Waals surface area contributed by atoms with E-state index in [2.05, 4.69) is 0 Å². The Balaban J connectivity index is 1.11. The number of hydrogen-bond acceptors (Lipinski definition) is 14. The van der Waals surface area contributed by atoms with Gasteiger partial charge in [0.25, 0.3) is 24.1 Å². The fraction of sp³-hybridized carbons (Fsp3) is 0.308. The standard InChI is InChI=1S/C52H54N10O8/c1-5-13-39(14-6-1)53-49(59-21-29-63-30-22-59)67-45-37-43(47(57-45)69-51(61-25-33-65-34-26-61)55-41-17-9-3-10-18-41)44-38-46(68-50(60-23-31-64-32-24-60)54-40-15-7-2-8-16-40)58-48(44)70-52(62-27-35-66-36-28-62)56-42-19-11-4-12-20-42/h1-20,37-38H,21-36H2/b44-43-,53-49?,54-50?,55-51?,56-52?. The largest absolute Gasteiger partial charge is 0.407 e. The molecule has 0 unspecified atom stereocenters. The molecule has 4 fully saturated rings. The van der Waals surface area contributed by atoms with Gasteiger partial charge in [-0.15, -0.1) is 0 Å². The summed E-state index contributed by atoms with van der Waals surface area (Å²) in [5.74, 6) is 0.793. The molecule has 18 heteroatoms. The molecule has 0 radical (unpaired) electrons. The normalized spacial score (nSPS) is 20.7. The Bertz CT molecular complexity index is 2500. The molecule has 4 aromatic carbocycles. The zero-order valence-corrected chi connectivity index (χ0v) is 38.8. The first-order valence-corrected chi connectivity index (χ1v) is 23.6. The summed E-state index contributed by atoms with van der Waals surface area (Å²) in [6.07, 6.45) is 3.60. The first-order valence-electron chi connectivity index (χ1n) is 23.6. The number of aliphatic imine (C=N–C) groups is 6. The van der Waals surface area contributed by atoms with Gasteiger partial charge in [-0.25, -0.2) is 0 Å². The van der Waals surface area contributed by atoms with E-state index in [-0.39, 0.29) is 23.6 Å². The molecule has 0 amide bonds. The van der Waals surface area contributed by atoms with Crippen LogP contribution in [0, 0.1) is 0 Å². The van der Waals surface area contributed by atoms with Crippen molar-refractivity contribution in [2.24, 2.45) is 30.0 Å². The van der Waals surface area contributed by atoms with E-state index in [1.807, 2.05) is 141 Å². The molecular weight excluding hydrogens is 893 g/mol. The van der Waals surface area contributed by atoms with Crippen molar-refractivity contribution in [2.75, 3.05) is 105 Å². The van der Waals surface area contributed by atoms with E-state index in [0.29, 0.717) is 152 Å². The van der Waals surface area contributed by atoms with Crippen molar-refractivity contribution in [3.63, 3.8) is 0 Å². The average Bonchev–Trinajstić information content (AvgIpc) is 4.02. The molecule has 18 nitrogen and oxygen atoms in total. The Morgan fingerprint density at radius 1 is 0.343 bits per heavy atom. The molecule has 0 spiro atoms. The molecule has 0 saturated carbocycles. The number of nitrogens with zero attached hydrogens (tertiary/aromatic N) is 10. The van der Waals surface area contributed by atoms with Gasteiger partial charge in [-0.3, -0.25) is 0 Å². The highest BCUT2D eigenvalue weighted by Crippen LogP contribution is 2.32. The number of hydrogen-bond donors (Lipinski definition) is 0. The Morgan fingerprint density at radius 2 is 0.586 bits per heavy atom. The smallest absolute Gasteiger partial charge is 0.299 e. The minimum atomic E-state index is 0.181. The first-order chi connectivity index (χ1) is 34.7. The SMILES string of the molecule is C1=C(OC(=Nc2ccccc2)N2CCOCC2)N=C(OC(=Nc2ccccc2)N2CCOCC2)/C1=C1/C=C(OC(=Nc2ccccc2)N2CCOCC2)N=C1OC(=Nc1ccccc1)N1CCOCC1. The van der Waals surface area contributed by atoms with Crippen LogP contribution in [-0.2, 0) is 37.9 Å². The zero-order chi connectivity index (χ0) is 47.2. The highest BCUT2D eigenvalue weighted by Gasteiger charge is 2.34. The number of para-hydroxylation sites is 4. The summed E-state index contributed by atoms with van der Waals surface area (Å²) in [5.41, 5.74) is 3.81. The lowest BCUT2D eigenvalue weighted by Gasteiger charge is -2.29. The maximum absolute atomic E-state index is 6.93. The number of amidine groups is 4. The quantitative estimate of drug-likeness (QED) is 0.145. The maximum atomic E-state index is 6.93. The first kappa shape index (κ1) is 46.1. The van der Waals surface area contributed by atoms with Gasteiger partial charge in [0, 0.05) is 64.5 Å². The molecule has 6 aliphatic heterocycles. The van der Waals surface area contributed by atoms with Crippen LogP contribution in [0.15, 0.2) is 186 Å². The monoisotopic (exact) mass is 946 g/mol. The third-order valence-electron chi connectivity index (χ3n) is 11.5. The molecule has 360 valence electrons. The van der Waals surface area contributed by atoms with Crippen LogP contribution < -0.4 is 0 Å². The lowest BCUT2D eigenvalue weighted by molar-refractivity contribution is 0.0585. The van der Waals surface area contributed by atoms with Crippen molar-refractivity contribution >= 4 is 58.6 Å². The molecule has 0 aromatic heterocycles. The van der Waals surface area contributed by atoms with Crippen LogP contribution in [0.2, 0.25) is 0 Å². The molecule has 0 aliphatic carbocycles. The van der Waals surface area contributed by atoms with E-state index in [9.17, 15) is 0 Å². The summed E-state index contributed by atoms with van der Waals surface area (Å²) in [5, 5.41) is 0. The van der Waals surface area contributed by atoms with Gasteiger partial charge in [0.1, 0.15) is 0 Å². The molecule has 6 heterocycles. The predicted molar refractivity (Wildman–Crippen MR) is 266 cm³/mol. The van der Waals surface area contributed by atoms with Crippen LogP contribution in [0.1, 0.15) is 0 Å². The lowest BCUT2D eigenvalue weighted by Crippen LogP contribution is -2.43. The van der Waals surface area contributed by atoms with Gasteiger partial charge in [0.05, 0.1) is 86.8 Å². The van der Waals surface area contributed by atoms with Crippen LogP contribution in [-0.4, -0.2) is 161 Å². The van der Waals surface area contributed by atoms with Gasteiger partial charge < -0.3 is 57.5 Å². The molecular formula is C52H54N10O8.